The molecule has 16 nitrogen and oxygen atoms in total. The molecule has 0 saturated carbocycles. The van der Waals surface area contributed by atoms with Crippen LogP contribution in [0, 0.1) is 0 Å². The van der Waals surface area contributed by atoms with Crippen LogP contribution in [-0.4, -0.2) is 149 Å². The Morgan fingerprint density at radius 3 is 1.58 bits per heavy atom. The highest BCUT2D eigenvalue weighted by molar-refractivity contribution is 5.84. The molecular formula is C37H49N7O9. The lowest BCUT2D eigenvalue weighted by molar-refractivity contribution is -0.140. The summed E-state index contributed by atoms with van der Waals surface area (Å²) >= 11 is 0. The largest absolute Gasteiger partial charge is 0.480 e. The zero-order chi connectivity index (χ0) is 38.2. The van der Waals surface area contributed by atoms with Gasteiger partial charge in [-0.05, 0) is 33.9 Å². The number of nitrogens with two attached hydrogens (primary N) is 1. The van der Waals surface area contributed by atoms with Gasteiger partial charge in [-0.2, -0.15) is 0 Å². The Kier molecular flexibility index (Phi) is 16.1. The number of hydrogen-bond donors (Lipinski definition) is 6. The van der Waals surface area contributed by atoms with Crippen molar-refractivity contribution in [3.63, 3.8) is 0 Å². The van der Waals surface area contributed by atoms with Gasteiger partial charge in [-0.3, -0.25) is 48.4 Å². The van der Waals surface area contributed by atoms with Gasteiger partial charge in [0.15, 0.2) is 0 Å². The summed E-state index contributed by atoms with van der Waals surface area (Å²) in [5.41, 5.74) is 11.1. The highest BCUT2D eigenvalue weighted by atomic mass is 16.6. The maximum Gasteiger partial charge on any atom is 0.317 e. The second-order valence-corrected chi connectivity index (χ2v) is 13.1. The number of carbonyl (C=O) groups excluding carboxylic acids is 2. The first-order valence-corrected chi connectivity index (χ1v) is 17.5. The Morgan fingerprint density at radius 1 is 0.623 bits per heavy atom. The van der Waals surface area contributed by atoms with Crippen LogP contribution in [0.4, 0.5) is 0 Å². The third-order valence-electron chi connectivity index (χ3n) is 8.90. The molecular weight excluding hydrogens is 686 g/mol. The average molecular weight is 736 g/mol. The van der Waals surface area contributed by atoms with Gasteiger partial charge in [0.05, 0.1) is 38.8 Å². The minimum absolute atomic E-state index is 0.0155. The molecule has 0 spiro atoms. The number of fused-ring (bicyclic) bond motifs is 1. The monoisotopic (exact) mass is 735 g/mol. The van der Waals surface area contributed by atoms with E-state index in [9.17, 15) is 39.3 Å². The summed E-state index contributed by atoms with van der Waals surface area (Å²) in [7, 11) is 0. The summed E-state index contributed by atoms with van der Waals surface area (Å²) in [6, 6.07) is 20.5. The molecule has 2 amide bonds. The fourth-order valence-corrected chi connectivity index (χ4v) is 5.98. The Bertz CT molecular complexity index is 1660. The van der Waals surface area contributed by atoms with E-state index in [1.54, 1.807) is 14.7 Å². The van der Waals surface area contributed by atoms with Gasteiger partial charge in [0.25, 0.3) is 5.91 Å². The van der Waals surface area contributed by atoms with Crippen molar-refractivity contribution in [2.45, 2.75) is 25.6 Å². The van der Waals surface area contributed by atoms with Gasteiger partial charge >= 0.3 is 17.9 Å². The lowest BCUT2D eigenvalue weighted by atomic mass is 10.0. The third-order valence-corrected chi connectivity index (χ3v) is 8.90. The maximum absolute atomic E-state index is 13.0. The molecule has 16 heteroatoms. The van der Waals surface area contributed by atoms with Gasteiger partial charge in [0.2, 0.25) is 5.91 Å². The zero-order valence-corrected chi connectivity index (χ0v) is 29.7. The highest BCUT2D eigenvalue weighted by Crippen LogP contribution is 2.16. The van der Waals surface area contributed by atoms with E-state index in [-0.39, 0.29) is 45.2 Å². The van der Waals surface area contributed by atoms with E-state index in [1.165, 1.54) is 0 Å². The number of amides is 2. The molecule has 3 aromatic carbocycles. The average Bonchev–Trinajstić information content (AvgIpc) is 3.11. The van der Waals surface area contributed by atoms with Crippen LogP contribution in [0.25, 0.3) is 10.8 Å². The van der Waals surface area contributed by atoms with Gasteiger partial charge in [0.1, 0.15) is 0 Å². The minimum atomic E-state index is -1.02. The first-order chi connectivity index (χ1) is 25.4. The van der Waals surface area contributed by atoms with E-state index >= 15 is 0 Å². The highest BCUT2D eigenvalue weighted by Gasteiger charge is 2.21. The minimum Gasteiger partial charge on any atom is -0.480 e. The molecule has 3 aromatic rings. The van der Waals surface area contributed by atoms with Crippen LogP contribution < -0.4 is 16.5 Å². The normalized spacial score (nSPS) is 16.2. The van der Waals surface area contributed by atoms with Crippen molar-refractivity contribution in [3.05, 3.63) is 83.4 Å². The third kappa shape index (κ3) is 14.9. The number of carboxylic acids is 3. The first kappa shape index (κ1) is 40.8. The number of hydroxylamine groups is 1. The summed E-state index contributed by atoms with van der Waals surface area (Å²) < 4.78 is 0. The fraction of sp³-hybridized carbons (Fsp3) is 0.432. The van der Waals surface area contributed by atoms with Crippen LogP contribution in [0.3, 0.4) is 0 Å². The van der Waals surface area contributed by atoms with E-state index in [2.05, 4.69) is 10.8 Å². The molecule has 1 heterocycles. The Hall–Kier alpha value is -4.97. The van der Waals surface area contributed by atoms with Crippen LogP contribution >= 0.6 is 0 Å². The summed E-state index contributed by atoms with van der Waals surface area (Å²) in [4.78, 5) is 72.3. The van der Waals surface area contributed by atoms with Gasteiger partial charge in [-0.1, -0.05) is 66.7 Å². The Balaban J connectivity index is 1.23. The van der Waals surface area contributed by atoms with Crippen molar-refractivity contribution >= 4 is 40.5 Å². The van der Waals surface area contributed by atoms with Crippen molar-refractivity contribution in [1.29, 1.82) is 0 Å². The molecule has 7 N–H and O–H groups in total. The lowest BCUT2D eigenvalue weighted by Crippen LogP contribution is -2.49. The molecule has 286 valence electrons. The van der Waals surface area contributed by atoms with E-state index in [1.807, 2.05) is 71.6 Å². The molecule has 1 aliphatic rings. The number of aliphatic carboxylic acids is 3. The molecule has 4 rings (SSSR count). The number of carbonyl (C=O) groups is 5. The number of hydrogen-bond acceptors (Lipinski definition) is 11. The summed E-state index contributed by atoms with van der Waals surface area (Å²) in [6.07, 6.45) is 0.361. The summed E-state index contributed by atoms with van der Waals surface area (Å²) in [5, 5.41) is 33.3. The standard InChI is InChI=1S/C37H49N7O9/c38-32(20-29-9-10-30-3-1-2-4-31(30)19-29)37(52)40-53-26-28-7-5-27(6-8-28)21-39-33(45)22-41-11-13-42(23-34(46)47)15-17-44(25-36(50)51)18-16-43(14-12-41)24-35(48)49/h1-10,19,32H,11-18,20-26,38H2,(H,39,45)(H,40,52)(H,46,47)(H,48,49)(H,50,51)/t32-/m0/s1. The van der Waals surface area contributed by atoms with Gasteiger partial charge in [-0.15, -0.1) is 0 Å². The summed E-state index contributed by atoms with van der Waals surface area (Å²) in [5.74, 6) is -3.74. The van der Waals surface area contributed by atoms with Crippen LogP contribution in [-0.2, 0) is 48.4 Å². The molecule has 0 bridgehead atoms. The van der Waals surface area contributed by atoms with Crippen LogP contribution in [0.15, 0.2) is 66.7 Å². The Labute approximate surface area is 308 Å². The van der Waals surface area contributed by atoms with E-state index < -0.39 is 29.9 Å². The topological polar surface area (TPSA) is 218 Å². The second kappa shape index (κ2) is 20.9. The van der Waals surface area contributed by atoms with E-state index in [0.29, 0.717) is 58.8 Å². The van der Waals surface area contributed by atoms with Crippen molar-refractivity contribution < 1.29 is 44.1 Å². The van der Waals surface area contributed by atoms with Crippen molar-refractivity contribution in [2.75, 3.05) is 78.5 Å². The molecule has 53 heavy (non-hydrogen) atoms. The maximum atomic E-state index is 13.0. The fourth-order valence-electron chi connectivity index (χ4n) is 5.98. The molecule has 1 atom stereocenters. The van der Waals surface area contributed by atoms with Gasteiger partial charge < -0.3 is 26.4 Å². The SMILES string of the molecule is N[C@@H](Cc1ccc2ccccc2c1)C(=O)NOCc1ccc(CNC(=O)CN2CCN(CC(=O)O)CCN(CC(=O)O)CCN(CC(=O)O)CC2)cc1. The molecule has 0 radical (unpaired) electrons. The number of rotatable bonds is 16. The van der Waals surface area contributed by atoms with Crippen LogP contribution in [0.2, 0.25) is 0 Å². The molecule has 0 unspecified atom stereocenters. The second-order valence-electron chi connectivity index (χ2n) is 13.1. The van der Waals surface area contributed by atoms with Gasteiger partial charge in [0, 0.05) is 58.9 Å². The number of benzene rings is 3. The van der Waals surface area contributed by atoms with E-state index in [4.69, 9.17) is 10.6 Å². The predicted molar refractivity (Wildman–Crippen MR) is 196 cm³/mol. The smallest absolute Gasteiger partial charge is 0.317 e. The first-order valence-electron chi connectivity index (χ1n) is 17.5. The van der Waals surface area contributed by atoms with Crippen LogP contribution in [0.1, 0.15) is 16.7 Å². The molecule has 1 aliphatic heterocycles. The van der Waals surface area contributed by atoms with Crippen LogP contribution in [0.5, 0.6) is 0 Å². The van der Waals surface area contributed by atoms with E-state index in [0.717, 1.165) is 27.5 Å². The van der Waals surface area contributed by atoms with Crippen molar-refractivity contribution in [2.24, 2.45) is 5.73 Å². The number of nitrogens with one attached hydrogen (secondary N) is 2. The predicted octanol–water partition coefficient (Wildman–Crippen LogP) is 0.0492. The summed E-state index contributed by atoms with van der Waals surface area (Å²) in [6.45, 7) is 2.18. The van der Waals surface area contributed by atoms with Crippen molar-refractivity contribution in [1.82, 2.24) is 30.4 Å². The molecule has 1 fully saturated rings. The Morgan fingerprint density at radius 2 is 1.08 bits per heavy atom. The molecule has 0 aliphatic carbocycles. The zero-order valence-electron chi connectivity index (χ0n) is 29.7. The number of carboxylic acid groups (broad SMARTS) is 3. The molecule has 0 aromatic heterocycles. The quantitative estimate of drug-likeness (QED) is 0.107. The van der Waals surface area contributed by atoms with Gasteiger partial charge in [-0.25, -0.2) is 5.48 Å². The van der Waals surface area contributed by atoms with Crippen molar-refractivity contribution in [3.8, 4) is 0 Å². The molecule has 1 saturated heterocycles. The lowest BCUT2D eigenvalue weighted by Gasteiger charge is -2.32. The number of nitrogens with zero attached hydrogens (tertiary/aromatic N) is 4.